The number of amides is 2. The van der Waals surface area contributed by atoms with E-state index in [1.165, 1.54) is 6.92 Å². The highest BCUT2D eigenvalue weighted by molar-refractivity contribution is 5.83. The minimum absolute atomic E-state index is 0.0631. The first-order valence-corrected chi connectivity index (χ1v) is 13.1. The van der Waals surface area contributed by atoms with E-state index in [0.29, 0.717) is 18.4 Å². The molecule has 212 valence electrons. The van der Waals surface area contributed by atoms with Gasteiger partial charge in [0.05, 0.1) is 12.2 Å². The number of carbonyl (C=O) groups is 2. The molecule has 0 spiro atoms. The molecule has 0 aliphatic carbocycles. The Bertz CT molecular complexity index is 1240. The Labute approximate surface area is 228 Å². The molecule has 4 unspecified atom stereocenters. The maximum Gasteiger partial charge on any atom is 0.410 e. The fourth-order valence-electron chi connectivity index (χ4n) is 4.67. The topological polar surface area (TPSA) is 161 Å². The average Bonchev–Trinajstić information content (AvgIpc) is 3.26. The Kier molecular flexibility index (Phi) is 9.60. The smallest absolute Gasteiger partial charge is 0.410 e. The summed E-state index contributed by atoms with van der Waals surface area (Å²) in [5.41, 5.74) is 6.61. The van der Waals surface area contributed by atoms with Gasteiger partial charge in [-0.3, -0.25) is 10.2 Å². The number of nitrogens with one attached hydrogen (secondary N) is 2. The predicted octanol–water partition coefficient (Wildman–Crippen LogP) is 3.96. The number of fused-ring (bicyclic) bond motifs is 1. The van der Waals surface area contributed by atoms with Crippen molar-refractivity contribution >= 4 is 23.1 Å². The van der Waals surface area contributed by atoms with Gasteiger partial charge in [-0.2, -0.15) is 0 Å². The van der Waals surface area contributed by atoms with Crippen LogP contribution in [-0.2, 0) is 17.6 Å². The van der Waals surface area contributed by atoms with Crippen LogP contribution in [0.25, 0.3) is 10.9 Å². The second-order valence-corrected chi connectivity index (χ2v) is 10.9. The second-order valence-electron chi connectivity index (χ2n) is 10.9. The fraction of sp³-hybridized carbons (Fsp3) is 0.448. The second kappa shape index (κ2) is 12.5. The van der Waals surface area contributed by atoms with Crippen molar-refractivity contribution in [1.29, 1.82) is 0 Å². The Morgan fingerprint density at radius 1 is 1.08 bits per heavy atom. The molecule has 10 nitrogen and oxygen atoms in total. The number of benzene rings is 2. The zero-order valence-corrected chi connectivity index (χ0v) is 22.9. The Morgan fingerprint density at radius 3 is 2.33 bits per heavy atom. The Hall–Kier alpha value is -3.60. The summed E-state index contributed by atoms with van der Waals surface area (Å²) < 4.78 is 5.36. The predicted molar refractivity (Wildman–Crippen MR) is 149 cm³/mol. The Balaban J connectivity index is 1.89. The molecule has 2 amide bonds. The molecule has 7 N–H and O–H groups in total. The first-order valence-electron chi connectivity index (χ1n) is 13.1. The molecule has 1 heterocycles. The van der Waals surface area contributed by atoms with Crippen LogP contribution in [0.1, 0.15) is 51.7 Å². The molecule has 3 rings (SSSR count). The minimum Gasteiger partial charge on any atom is -0.465 e. The largest absolute Gasteiger partial charge is 0.465 e. The molecule has 3 aromatic rings. The minimum atomic E-state index is -1.88. The van der Waals surface area contributed by atoms with Crippen LogP contribution in [0.2, 0.25) is 0 Å². The molecule has 4 atom stereocenters. The Morgan fingerprint density at radius 2 is 1.72 bits per heavy atom. The van der Waals surface area contributed by atoms with Gasteiger partial charge in [-0.25, -0.2) is 9.59 Å². The summed E-state index contributed by atoms with van der Waals surface area (Å²) in [7, 11) is 0. The standard InChI is InChI=1S/C29H40N4O6/c1-19(34)29(30,17-20-11-6-5-7-12-20)33(27(37)38)25(32-26(36)39-28(2,3)4)24(35)16-10-13-21-18-31-23-15-9-8-14-22(21)23/h5-9,11-12,14-15,18-19,24-25,31,34-35H,10,13,16-17,30H2,1-4H3,(H,32,36)(H,37,38). The molecule has 0 bridgehead atoms. The van der Waals surface area contributed by atoms with Gasteiger partial charge in [-0.1, -0.05) is 48.5 Å². The normalized spacial score (nSPS) is 15.7. The number of aliphatic hydroxyl groups is 2. The molecule has 39 heavy (non-hydrogen) atoms. The summed E-state index contributed by atoms with van der Waals surface area (Å²) in [6, 6.07) is 16.8. The number of hydrogen-bond donors (Lipinski definition) is 6. The third kappa shape index (κ3) is 7.72. The van der Waals surface area contributed by atoms with E-state index < -0.39 is 41.8 Å². The molecule has 0 saturated heterocycles. The molecule has 2 aromatic carbocycles. The van der Waals surface area contributed by atoms with Crippen LogP contribution < -0.4 is 11.1 Å². The van der Waals surface area contributed by atoms with Gasteiger partial charge in [0, 0.05) is 23.5 Å². The summed E-state index contributed by atoms with van der Waals surface area (Å²) in [5, 5.41) is 36.0. The van der Waals surface area contributed by atoms with Gasteiger partial charge < -0.3 is 30.8 Å². The number of carboxylic acid groups (broad SMARTS) is 1. The zero-order valence-electron chi connectivity index (χ0n) is 22.9. The van der Waals surface area contributed by atoms with Crippen molar-refractivity contribution in [3.63, 3.8) is 0 Å². The van der Waals surface area contributed by atoms with Gasteiger partial charge >= 0.3 is 12.2 Å². The summed E-state index contributed by atoms with van der Waals surface area (Å²) in [4.78, 5) is 29.4. The average molecular weight is 541 g/mol. The number of para-hydroxylation sites is 1. The molecular formula is C29H40N4O6. The van der Waals surface area contributed by atoms with Crippen LogP contribution in [0.5, 0.6) is 0 Å². The van der Waals surface area contributed by atoms with Crippen molar-refractivity contribution in [1.82, 2.24) is 15.2 Å². The van der Waals surface area contributed by atoms with Crippen molar-refractivity contribution < 1.29 is 29.6 Å². The summed E-state index contributed by atoms with van der Waals surface area (Å²) in [6.45, 7) is 6.40. The number of aliphatic hydroxyl groups excluding tert-OH is 2. The summed E-state index contributed by atoms with van der Waals surface area (Å²) in [6.07, 6.45) is -3.52. The van der Waals surface area contributed by atoms with Gasteiger partial charge in [0.2, 0.25) is 0 Å². The van der Waals surface area contributed by atoms with Crippen molar-refractivity contribution in [3.8, 4) is 0 Å². The van der Waals surface area contributed by atoms with Crippen molar-refractivity contribution in [3.05, 3.63) is 71.9 Å². The van der Waals surface area contributed by atoms with E-state index >= 15 is 0 Å². The van der Waals surface area contributed by atoms with Crippen LogP contribution in [0.4, 0.5) is 9.59 Å². The maximum absolute atomic E-state index is 12.8. The maximum atomic E-state index is 12.8. The highest BCUT2D eigenvalue weighted by Gasteiger charge is 2.47. The molecule has 1 aromatic heterocycles. The molecule has 0 radical (unpaired) electrons. The van der Waals surface area contributed by atoms with E-state index in [4.69, 9.17) is 10.5 Å². The monoisotopic (exact) mass is 540 g/mol. The number of ether oxygens (including phenoxy) is 1. The lowest BCUT2D eigenvalue weighted by molar-refractivity contribution is -0.0717. The van der Waals surface area contributed by atoms with Gasteiger partial charge in [0.15, 0.2) is 0 Å². The van der Waals surface area contributed by atoms with E-state index in [9.17, 15) is 24.9 Å². The SMILES string of the molecule is CC(O)C(N)(Cc1ccccc1)N(C(=O)O)C(NC(=O)OC(C)(C)C)C(O)CCCc1c[nH]c2ccccc12. The molecular weight excluding hydrogens is 500 g/mol. The number of nitrogens with two attached hydrogens (primary N) is 1. The lowest BCUT2D eigenvalue weighted by Gasteiger charge is -2.46. The van der Waals surface area contributed by atoms with Crippen molar-refractivity contribution in [2.45, 2.75) is 83.0 Å². The third-order valence-corrected chi connectivity index (χ3v) is 6.64. The lowest BCUT2D eigenvalue weighted by Crippen LogP contribution is -2.73. The van der Waals surface area contributed by atoms with E-state index in [2.05, 4.69) is 10.3 Å². The fourth-order valence-corrected chi connectivity index (χ4v) is 4.67. The highest BCUT2D eigenvalue weighted by Crippen LogP contribution is 2.26. The van der Waals surface area contributed by atoms with Crippen molar-refractivity contribution in [2.75, 3.05) is 0 Å². The van der Waals surface area contributed by atoms with Gasteiger partial charge in [-0.05, 0) is 64.2 Å². The van der Waals surface area contributed by atoms with E-state index in [1.807, 2.05) is 36.5 Å². The van der Waals surface area contributed by atoms with Crippen LogP contribution in [-0.4, -0.2) is 67.0 Å². The number of aryl methyl sites for hydroxylation is 1. The summed E-state index contributed by atoms with van der Waals surface area (Å²) in [5.74, 6) is 0. The van der Waals surface area contributed by atoms with Crippen molar-refractivity contribution in [2.24, 2.45) is 5.73 Å². The number of aromatic nitrogens is 1. The third-order valence-electron chi connectivity index (χ3n) is 6.64. The number of nitrogens with zero attached hydrogens (tertiary/aromatic N) is 1. The number of alkyl carbamates (subject to hydrolysis) is 1. The molecule has 0 saturated carbocycles. The highest BCUT2D eigenvalue weighted by atomic mass is 16.6. The molecule has 0 aliphatic heterocycles. The lowest BCUT2D eigenvalue weighted by atomic mass is 9.92. The first kappa shape index (κ1) is 29.9. The van der Waals surface area contributed by atoms with Crippen LogP contribution in [0.3, 0.4) is 0 Å². The molecule has 0 aliphatic rings. The number of hydrogen-bond acceptors (Lipinski definition) is 6. The number of rotatable bonds is 11. The molecule has 0 fully saturated rings. The van der Waals surface area contributed by atoms with E-state index in [1.54, 1.807) is 45.0 Å². The number of H-pyrrole nitrogens is 1. The summed E-state index contributed by atoms with van der Waals surface area (Å²) >= 11 is 0. The van der Waals surface area contributed by atoms with Crippen LogP contribution >= 0.6 is 0 Å². The van der Waals surface area contributed by atoms with Gasteiger partial charge in [0.25, 0.3) is 0 Å². The van der Waals surface area contributed by atoms with Crippen LogP contribution in [0.15, 0.2) is 60.8 Å². The zero-order chi connectivity index (χ0) is 28.8. The van der Waals surface area contributed by atoms with Crippen LogP contribution in [0, 0.1) is 0 Å². The number of carbonyl (C=O) groups excluding carboxylic acids is 1. The first-order chi connectivity index (χ1) is 18.3. The quantitative estimate of drug-likeness (QED) is 0.201. The van der Waals surface area contributed by atoms with E-state index in [-0.39, 0.29) is 12.8 Å². The molecule has 10 heteroatoms. The van der Waals surface area contributed by atoms with Gasteiger partial charge in [-0.15, -0.1) is 0 Å². The van der Waals surface area contributed by atoms with E-state index in [0.717, 1.165) is 21.4 Å². The van der Waals surface area contributed by atoms with Gasteiger partial charge in [0.1, 0.15) is 17.4 Å². The number of aromatic amines is 1.